The van der Waals surface area contributed by atoms with Gasteiger partial charge in [-0.25, -0.2) is 9.38 Å². The molecule has 0 radical (unpaired) electrons. The summed E-state index contributed by atoms with van der Waals surface area (Å²) in [5.41, 5.74) is 6.56. The van der Waals surface area contributed by atoms with E-state index >= 15 is 0 Å². The number of amides is 2. The van der Waals surface area contributed by atoms with Crippen LogP contribution in [-0.2, 0) is 20.4 Å². The Morgan fingerprint density at radius 3 is 2.47 bits per heavy atom. The molecule has 0 saturated carbocycles. The minimum atomic E-state index is -0.703. The van der Waals surface area contributed by atoms with Gasteiger partial charge in [0.2, 0.25) is 5.91 Å². The SMILES string of the molecule is CC.CCCN(C)C/C=C/N=C(SC)C(=O)NC1CCS(=O)CC1.Cc1cc(F)ccc1NC(C)C(N)=O. The molecule has 1 aliphatic heterocycles. The van der Waals surface area contributed by atoms with Crippen molar-refractivity contribution in [3.05, 3.63) is 41.9 Å². The van der Waals surface area contributed by atoms with Crippen LogP contribution in [0.1, 0.15) is 52.5 Å². The highest BCUT2D eigenvalue weighted by molar-refractivity contribution is 8.15. The Morgan fingerprint density at radius 2 is 1.95 bits per heavy atom. The molecule has 1 heterocycles. The maximum atomic E-state index is 12.7. The molecule has 0 spiro atoms. The van der Waals surface area contributed by atoms with E-state index in [-0.39, 0.29) is 17.8 Å². The van der Waals surface area contributed by atoms with Crippen LogP contribution >= 0.6 is 11.8 Å². The van der Waals surface area contributed by atoms with E-state index in [4.69, 9.17) is 5.73 Å². The second-order valence-corrected chi connectivity index (χ2v) is 11.1. The number of carbonyl (C=O) groups is 2. The molecule has 8 nitrogen and oxygen atoms in total. The average Bonchev–Trinajstić information content (AvgIpc) is 2.88. The first kappa shape index (κ1) is 35.8. The predicted molar refractivity (Wildman–Crippen MR) is 162 cm³/mol. The van der Waals surface area contributed by atoms with Gasteiger partial charge in [-0.1, -0.05) is 26.8 Å². The molecule has 4 N–H and O–H groups in total. The van der Waals surface area contributed by atoms with Gasteiger partial charge in [-0.3, -0.25) is 13.8 Å². The van der Waals surface area contributed by atoms with Crippen molar-refractivity contribution < 1.29 is 18.2 Å². The fourth-order valence-electron chi connectivity index (χ4n) is 3.30. The van der Waals surface area contributed by atoms with Crippen molar-refractivity contribution in [1.29, 1.82) is 0 Å². The summed E-state index contributed by atoms with van der Waals surface area (Å²) in [6, 6.07) is 3.99. The monoisotopic (exact) mass is 571 g/mol. The van der Waals surface area contributed by atoms with Crippen LogP contribution in [0.25, 0.3) is 0 Å². The lowest BCUT2D eigenvalue weighted by atomic mass is 10.1. The smallest absolute Gasteiger partial charge is 0.276 e. The second-order valence-electron chi connectivity index (χ2n) is 8.61. The molecule has 2 amide bonds. The zero-order chi connectivity index (χ0) is 29.1. The van der Waals surface area contributed by atoms with Crippen molar-refractivity contribution in [3.8, 4) is 0 Å². The quantitative estimate of drug-likeness (QED) is 0.304. The fraction of sp³-hybridized carbons (Fsp3) is 0.593. The number of aliphatic imine (C=N–C) groups is 1. The average molecular weight is 572 g/mol. The standard InChI is InChI=1S/C15H27N3O2S2.C10H13FN2O.C2H6/c1-4-9-18(2)10-5-8-16-15(21-3)14(19)17-13-6-11-22(20)12-7-13;1-6-5-8(11)3-4-9(6)13-7(2)10(12)14;1-2/h5,8,13H,4,6-7,9-12H2,1-3H3,(H,17,19);3-5,7,13H,1-2H3,(H2,12,14);1-2H3/b8-5+,16-15?;;. The van der Waals surface area contributed by atoms with Crippen LogP contribution in [0.15, 0.2) is 35.5 Å². The summed E-state index contributed by atoms with van der Waals surface area (Å²) in [6.45, 7) is 11.4. The number of nitrogens with zero attached hydrogens (tertiary/aromatic N) is 2. The van der Waals surface area contributed by atoms with Crippen LogP contribution in [0.5, 0.6) is 0 Å². The van der Waals surface area contributed by atoms with Crippen LogP contribution < -0.4 is 16.4 Å². The Labute approximate surface area is 234 Å². The molecule has 1 fully saturated rings. The lowest BCUT2D eigenvalue weighted by Crippen LogP contribution is -2.42. The molecule has 11 heteroatoms. The van der Waals surface area contributed by atoms with Gasteiger partial charge in [0, 0.05) is 46.8 Å². The van der Waals surface area contributed by atoms with Crippen LogP contribution in [0.2, 0.25) is 0 Å². The Bertz CT molecular complexity index is 933. The summed E-state index contributed by atoms with van der Waals surface area (Å²) in [5.74, 6) is 0.506. The minimum absolute atomic E-state index is 0.127. The molecule has 1 aromatic rings. The summed E-state index contributed by atoms with van der Waals surface area (Å²) in [6.07, 6.45) is 8.22. The number of nitrogens with one attached hydrogen (secondary N) is 2. The maximum absolute atomic E-state index is 12.7. The maximum Gasteiger partial charge on any atom is 0.276 e. The molecule has 1 saturated heterocycles. The van der Waals surface area contributed by atoms with Crippen molar-refractivity contribution in [2.45, 2.75) is 66.0 Å². The third-order valence-electron chi connectivity index (χ3n) is 5.42. The molecular formula is C27H46FN5O3S2. The first-order valence-corrected chi connectivity index (χ1v) is 15.7. The van der Waals surface area contributed by atoms with E-state index in [0.29, 0.717) is 16.5 Å². The van der Waals surface area contributed by atoms with E-state index in [2.05, 4.69) is 34.5 Å². The van der Waals surface area contributed by atoms with Gasteiger partial charge in [-0.05, 0) is 76.7 Å². The third-order valence-corrected chi connectivity index (χ3v) is 7.48. The summed E-state index contributed by atoms with van der Waals surface area (Å²) < 4.78 is 24.0. The molecule has 1 unspecified atom stereocenters. The molecule has 1 atom stereocenters. The highest BCUT2D eigenvalue weighted by Crippen LogP contribution is 2.16. The first-order valence-electron chi connectivity index (χ1n) is 13.0. The van der Waals surface area contributed by atoms with Gasteiger partial charge < -0.3 is 21.3 Å². The molecule has 2 rings (SSSR count). The Morgan fingerprint density at radius 1 is 1.32 bits per heavy atom. The van der Waals surface area contributed by atoms with Gasteiger partial charge in [-0.2, -0.15) is 0 Å². The predicted octanol–water partition coefficient (Wildman–Crippen LogP) is 4.08. The van der Waals surface area contributed by atoms with Gasteiger partial charge in [0.05, 0.1) is 0 Å². The minimum Gasteiger partial charge on any atom is -0.374 e. The largest absolute Gasteiger partial charge is 0.374 e. The fourth-order valence-corrected chi connectivity index (χ4v) is 5.01. The van der Waals surface area contributed by atoms with Crippen molar-refractivity contribution >= 4 is 45.1 Å². The van der Waals surface area contributed by atoms with E-state index in [0.717, 1.165) is 43.6 Å². The third kappa shape index (κ3) is 15.2. The second kappa shape index (κ2) is 20.7. The van der Waals surface area contributed by atoms with Gasteiger partial charge in [0.15, 0.2) is 5.04 Å². The van der Waals surface area contributed by atoms with E-state index in [9.17, 15) is 18.2 Å². The summed E-state index contributed by atoms with van der Waals surface area (Å²) in [5, 5.41) is 6.36. The van der Waals surface area contributed by atoms with Crippen LogP contribution in [0.4, 0.5) is 10.1 Å². The number of carbonyl (C=O) groups excluding carboxylic acids is 2. The Balaban J connectivity index is 0.000000735. The van der Waals surface area contributed by atoms with Gasteiger partial charge in [0.1, 0.15) is 11.9 Å². The van der Waals surface area contributed by atoms with Crippen LogP contribution in [0, 0.1) is 12.7 Å². The molecular weight excluding hydrogens is 525 g/mol. The normalized spacial score (nSPS) is 18.1. The molecule has 0 aliphatic carbocycles. The number of primary amides is 1. The number of nitrogens with two attached hydrogens (primary N) is 1. The van der Waals surface area contributed by atoms with Gasteiger partial charge >= 0.3 is 0 Å². The number of benzene rings is 1. The molecule has 1 aliphatic rings. The van der Waals surface area contributed by atoms with Gasteiger partial charge in [0.25, 0.3) is 5.91 Å². The molecule has 1 aromatic carbocycles. The summed E-state index contributed by atoms with van der Waals surface area (Å²) >= 11 is 1.35. The number of thioether (sulfide) groups is 1. The van der Waals surface area contributed by atoms with Crippen molar-refractivity contribution in [3.63, 3.8) is 0 Å². The Kier molecular flexibility index (Phi) is 19.5. The van der Waals surface area contributed by atoms with Gasteiger partial charge in [-0.15, -0.1) is 11.8 Å². The van der Waals surface area contributed by atoms with Crippen molar-refractivity contribution in [2.75, 3.05) is 43.2 Å². The lowest BCUT2D eigenvalue weighted by Gasteiger charge is -2.22. The first-order chi connectivity index (χ1) is 18.1. The molecule has 0 aromatic heterocycles. The number of rotatable bonds is 9. The van der Waals surface area contributed by atoms with Crippen LogP contribution in [-0.4, -0.2) is 75.9 Å². The number of likely N-dealkylation sites (N-methyl/N-ethyl adjacent to an activating group) is 1. The van der Waals surface area contributed by atoms with E-state index in [1.165, 1.54) is 23.9 Å². The zero-order valence-electron chi connectivity index (χ0n) is 23.9. The van der Waals surface area contributed by atoms with Crippen molar-refractivity contribution in [2.24, 2.45) is 10.7 Å². The number of anilines is 1. The van der Waals surface area contributed by atoms with Crippen molar-refractivity contribution in [1.82, 2.24) is 10.2 Å². The van der Waals surface area contributed by atoms with E-state index in [1.807, 2.05) is 26.2 Å². The Hall–Kier alpha value is -2.24. The number of halogens is 1. The van der Waals surface area contributed by atoms with E-state index < -0.39 is 22.7 Å². The summed E-state index contributed by atoms with van der Waals surface area (Å²) in [4.78, 5) is 29.4. The zero-order valence-corrected chi connectivity index (χ0v) is 25.5. The highest BCUT2D eigenvalue weighted by atomic mass is 32.2. The number of hydrogen-bond acceptors (Lipinski definition) is 7. The number of hydrogen-bond donors (Lipinski definition) is 3. The van der Waals surface area contributed by atoms with Crippen LogP contribution in [0.3, 0.4) is 0 Å². The highest BCUT2D eigenvalue weighted by Gasteiger charge is 2.21. The topological polar surface area (TPSA) is 117 Å². The van der Waals surface area contributed by atoms with E-state index in [1.54, 1.807) is 26.1 Å². The summed E-state index contributed by atoms with van der Waals surface area (Å²) in [7, 11) is 1.36. The molecule has 0 bridgehead atoms. The molecule has 216 valence electrons. The molecule has 38 heavy (non-hydrogen) atoms. The number of aryl methyl sites for hydroxylation is 1. The lowest BCUT2D eigenvalue weighted by molar-refractivity contribution is -0.118.